The maximum atomic E-state index is 12.1. The zero-order valence-corrected chi connectivity index (χ0v) is 12.6. The molecular weight excluding hydrogens is 274 g/mol. The largest absolute Gasteiger partial charge is 0.338 e. The van der Waals surface area contributed by atoms with Gasteiger partial charge in [-0.1, -0.05) is 0 Å². The molecule has 0 atom stereocenters. The molecule has 0 bridgehead atoms. The van der Waals surface area contributed by atoms with Crippen LogP contribution >= 0.6 is 0 Å². The number of anilines is 1. The van der Waals surface area contributed by atoms with Crippen molar-refractivity contribution in [2.45, 2.75) is 6.54 Å². The summed E-state index contributed by atoms with van der Waals surface area (Å²) in [4.78, 5) is 30.3. The van der Waals surface area contributed by atoms with Gasteiger partial charge in [0, 0.05) is 40.3 Å². The monoisotopic (exact) mass is 295 g/mol. The van der Waals surface area contributed by atoms with E-state index in [0.29, 0.717) is 5.82 Å². The van der Waals surface area contributed by atoms with Crippen molar-refractivity contribution < 1.29 is 9.59 Å². The van der Waals surface area contributed by atoms with Crippen LogP contribution in [0, 0.1) is 0 Å². The summed E-state index contributed by atoms with van der Waals surface area (Å²) >= 11 is 0. The third-order valence-corrected chi connectivity index (χ3v) is 3.31. The minimum absolute atomic E-state index is 0.0100. The Bertz CT molecular complexity index is 505. The minimum atomic E-state index is -0.285. The van der Waals surface area contributed by atoms with E-state index in [2.05, 4.69) is 20.4 Å². The molecule has 2 heterocycles. The van der Waals surface area contributed by atoms with Crippen molar-refractivity contribution in [2.24, 2.45) is 0 Å². The number of rotatable bonds is 3. The molecule has 9 heteroatoms. The Labute approximate surface area is 123 Å². The molecule has 2 rings (SSSR count). The van der Waals surface area contributed by atoms with Gasteiger partial charge in [0.05, 0.1) is 6.20 Å². The van der Waals surface area contributed by atoms with Crippen LogP contribution in [0.2, 0.25) is 0 Å². The van der Waals surface area contributed by atoms with Crippen molar-refractivity contribution in [3.8, 4) is 0 Å². The first-order valence-electron chi connectivity index (χ1n) is 6.80. The van der Waals surface area contributed by atoms with Gasteiger partial charge in [0.15, 0.2) is 5.82 Å². The van der Waals surface area contributed by atoms with Crippen molar-refractivity contribution >= 4 is 17.8 Å². The zero-order chi connectivity index (χ0) is 15.4. The Kier molecular flexibility index (Phi) is 4.73. The predicted molar refractivity (Wildman–Crippen MR) is 76.8 cm³/mol. The van der Waals surface area contributed by atoms with Gasteiger partial charge in [-0.05, 0) is 7.05 Å². The highest BCUT2D eigenvalue weighted by Crippen LogP contribution is 2.03. The first-order valence-corrected chi connectivity index (χ1v) is 6.80. The number of nitrogens with one attached hydrogen (secondary N) is 1. The number of piperazine rings is 1. The molecule has 3 amide bonds. The summed E-state index contributed by atoms with van der Waals surface area (Å²) in [7, 11) is 5.31. The normalized spacial score (nSPS) is 15.9. The van der Waals surface area contributed by atoms with E-state index in [9.17, 15) is 9.59 Å². The van der Waals surface area contributed by atoms with Crippen LogP contribution in [0.25, 0.3) is 0 Å². The molecule has 1 aliphatic heterocycles. The van der Waals surface area contributed by atoms with Crippen LogP contribution in [0.4, 0.5) is 10.6 Å². The number of nitrogens with zero attached hydrogens (tertiary/aromatic N) is 6. The average Bonchev–Trinajstić information content (AvgIpc) is 2.86. The second kappa shape index (κ2) is 6.53. The third-order valence-electron chi connectivity index (χ3n) is 3.31. The number of carbonyl (C=O) groups is 2. The summed E-state index contributed by atoms with van der Waals surface area (Å²) in [5, 5.41) is 10.6. The smallest absolute Gasteiger partial charge is 0.322 e. The fourth-order valence-electron chi connectivity index (χ4n) is 1.93. The highest BCUT2D eigenvalue weighted by atomic mass is 16.2. The van der Waals surface area contributed by atoms with Gasteiger partial charge in [0.1, 0.15) is 6.54 Å². The Balaban J connectivity index is 1.87. The topological polar surface area (TPSA) is 86.6 Å². The number of amides is 3. The molecule has 0 unspecified atom stereocenters. The molecule has 1 aromatic rings. The maximum absolute atomic E-state index is 12.1. The van der Waals surface area contributed by atoms with Gasteiger partial charge in [-0.3, -0.25) is 10.1 Å². The van der Waals surface area contributed by atoms with Crippen molar-refractivity contribution in [3.63, 3.8) is 0 Å². The molecule has 1 saturated heterocycles. The van der Waals surface area contributed by atoms with Crippen molar-refractivity contribution in [3.05, 3.63) is 6.20 Å². The molecule has 0 aliphatic carbocycles. The van der Waals surface area contributed by atoms with Gasteiger partial charge in [0.25, 0.3) is 0 Å². The van der Waals surface area contributed by atoms with Crippen LogP contribution in [0.3, 0.4) is 0 Å². The van der Waals surface area contributed by atoms with E-state index in [4.69, 9.17) is 0 Å². The standard InChI is InChI=1S/C12H21N7O2/c1-16(2)12(21)14-10-8-13-19(15-10)9-11(20)18-6-4-17(3)5-7-18/h8H,4-7,9H2,1-3H3,(H,14,15,21). The molecule has 0 spiro atoms. The fourth-order valence-corrected chi connectivity index (χ4v) is 1.93. The molecule has 1 N–H and O–H groups in total. The molecule has 1 aromatic heterocycles. The van der Waals surface area contributed by atoms with Crippen molar-refractivity contribution in [2.75, 3.05) is 52.6 Å². The lowest BCUT2D eigenvalue weighted by molar-refractivity contribution is -0.133. The maximum Gasteiger partial charge on any atom is 0.322 e. The molecule has 0 saturated carbocycles. The molecular formula is C12H21N7O2. The predicted octanol–water partition coefficient (Wildman–Crippen LogP) is -0.854. The fraction of sp³-hybridized carbons (Fsp3) is 0.667. The van der Waals surface area contributed by atoms with E-state index in [0.717, 1.165) is 26.2 Å². The Morgan fingerprint density at radius 1 is 1.29 bits per heavy atom. The molecule has 1 aliphatic rings. The molecule has 9 nitrogen and oxygen atoms in total. The summed E-state index contributed by atoms with van der Waals surface area (Å²) in [6.07, 6.45) is 1.43. The lowest BCUT2D eigenvalue weighted by Crippen LogP contribution is -2.48. The number of urea groups is 1. The highest BCUT2D eigenvalue weighted by Gasteiger charge is 2.20. The molecule has 1 fully saturated rings. The van der Waals surface area contributed by atoms with Crippen molar-refractivity contribution in [1.82, 2.24) is 29.7 Å². The van der Waals surface area contributed by atoms with E-state index < -0.39 is 0 Å². The van der Waals surface area contributed by atoms with E-state index in [1.54, 1.807) is 19.0 Å². The zero-order valence-electron chi connectivity index (χ0n) is 12.6. The summed E-state index contributed by atoms with van der Waals surface area (Å²) in [5.41, 5.74) is 0. The van der Waals surface area contributed by atoms with Gasteiger partial charge in [-0.15, -0.1) is 5.10 Å². The minimum Gasteiger partial charge on any atom is -0.338 e. The van der Waals surface area contributed by atoms with E-state index in [1.165, 1.54) is 15.9 Å². The number of aromatic nitrogens is 3. The van der Waals surface area contributed by atoms with E-state index in [1.807, 2.05) is 7.05 Å². The van der Waals surface area contributed by atoms with Crippen LogP contribution in [-0.4, -0.2) is 89.0 Å². The van der Waals surface area contributed by atoms with Gasteiger partial charge in [0.2, 0.25) is 5.91 Å². The van der Waals surface area contributed by atoms with Crippen molar-refractivity contribution in [1.29, 1.82) is 0 Å². The summed E-state index contributed by atoms with van der Waals surface area (Å²) in [5.74, 6) is 0.323. The first kappa shape index (κ1) is 15.2. The summed E-state index contributed by atoms with van der Waals surface area (Å²) in [6.45, 7) is 3.29. The number of carbonyl (C=O) groups excluding carboxylic acids is 2. The van der Waals surface area contributed by atoms with Gasteiger partial charge in [-0.25, -0.2) is 4.79 Å². The molecule has 21 heavy (non-hydrogen) atoms. The Morgan fingerprint density at radius 2 is 1.95 bits per heavy atom. The lowest BCUT2D eigenvalue weighted by atomic mass is 10.3. The van der Waals surface area contributed by atoms with Gasteiger partial charge >= 0.3 is 6.03 Å². The summed E-state index contributed by atoms with van der Waals surface area (Å²) in [6, 6.07) is -0.285. The number of hydrogen-bond acceptors (Lipinski definition) is 5. The van der Waals surface area contributed by atoms with Gasteiger partial charge < -0.3 is 14.7 Å². The van der Waals surface area contributed by atoms with E-state index in [-0.39, 0.29) is 18.5 Å². The van der Waals surface area contributed by atoms with Crippen LogP contribution in [-0.2, 0) is 11.3 Å². The second-order valence-corrected chi connectivity index (χ2v) is 5.27. The quantitative estimate of drug-likeness (QED) is 0.784. The number of likely N-dealkylation sites (N-methyl/N-ethyl adjacent to an activating group) is 1. The number of hydrogen-bond donors (Lipinski definition) is 1. The Hall–Kier alpha value is -2.16. The van der Waals surface area contributed by atoms with Crippen LogP contribution < -0.4 is 5.32 Å². The Morgan fingerprint density at radius 3 is 2.57 bits per heavy atom. The second-order valence-electron chi connectivity index (χ2n) is 5.27. The van der Waals surface area contributed by atoms with Crippen LogP contribution in [0.5, 0.6) is 0 Å². The molecule has 0 aromatic carbocycles. The lowest BCUT2D eigenvalue weighted by Gasteiger charge is -2.32. The van der Waals surface area contributed by atoms with E-state index >= 15 is 0 Å². The SMILES string of the molecule is CN1CCN(C(=O)Cn2ncc(NC(=O)N(C)C)n2)CC1. The summed E-state index contributed by atoms with van der Waals surface area (Å²) < 4.78 is 0. The van der Waals surface area contributed by atoms with Crippen LogP contribution in [0.15, 0.2) is 6.20 Å². The molecule has 116 valence electrons. The third kappa shape index (κ3) is 4.15. The average molecular weight is 295 g/mol. The van der Waals surface area contributed by atoms with Gasteiger partial charge in [-0.2, -0.15) is 9.90 Å². The van der Waals surface area contributed by atoms with Crippen LogP contribution in [0.1, 0.15) is 0 Å². The highest BCUT2D eigenvalue weighted by molar-refractivity contribution is 5.87. The molecule has 0 radical (unpaired) electrons. The first-order chi connectivity index (χ1) is 9.95.